The summed E-state index contributed by atoms with van der Waals surface area (Å²) in [5.41, 5.74) is -0.718. The molecule has 5 rings (SSSR count). The second-order valence-corrected chi connectivity index (χ2v) is 9.67. The predicted molar refractivity (Wildman–Crippen MR) is 150 cm³/mol. The minimum Gasteiger partial charge on any atom is -0.488 e. The van der Waals surface area contributed by atoms with Crippen molar-refractivity contribution in [3.63, 3.8) is 0 Å². The Balaban J connectivity index is 1.47. The first-order valence-electron chi connectivity index (χ1n) is 13.5. The van der Waals surface area contributed by atoms with E-state index in [9.17, 15) is 28.3 Å². The van der Waals surface area contributed by atoms with Crippen molar-refractivity contribution >= 4 is 23.7 Å². The van der Waals surface area contributed by atoms with E-state index in [0.717, 1.165) is 24.5 Å². The highest BCUT2D eigenvalue weighted by Crippen LogP contribution is 2.36. The van der Waals surface area contributed by atoms with Crippen LogP contribution in [0.25, 0.3) is 5.76 Å². The lowest BCUT2D eigenvalue weighted by Gasteiger charge is -2.30. The summed E-state index contributed by atoms with van der Waals surface area (Å²) in [6, 6.07) is 10.9. The average Bonchev–Trinajstić information content (AvgIpc) is 3.33. The van der Waals surface area contributed by atoms with Crippen LogP contribution in [-0.4, -0.2) is 80.3 Å². The van der Waals surface area contributed by atoms with Crippen LogP contribution in [0.1, 0.15) is 36.6 Å². The molecule has 0 aromatic carbocycles. The molecule has 1 fully saturated rings. The van der Waals surface area contributed by atoms with Crippen LogP contribution in [0, 0.1) is 11.9 Å². The number of ether oxygens (including phenoxy) is 5. The monoisotopic (exact) mass is 634 g/mol. The molecule has 0 spiro atoms. The maximum atomic E-state index is 14.4. The van der Waals surface area contributed by atoms with Crippen molar-refractivity contribution in [2.24, 2.45) is 0 Å². The van der Waals surface area contributed by atoms with E-state index in [-0.39, 0.29) is 11.3 Å². The first-order chi connectivity index (χ1) is 22.2. The van der Waals surface area contributed by atoms with E-state index >= 15 is 0 Å². The van der Waals surface area contributed by atoms with Crippen LogP contribution >= 0.6 is 0 Å². The van der Waals surface area contributed by atoms with Crippen molar-refractivity contribution in [2.45, 2.75) is 24.1 Å². The second-order valence-electron chi connectivity index (χ2n) is 9.67. The van der Waals surface area contributed by atoms with Gasteiger partial charge in [-0.1, -0.05) is 6.58 Å². The van der Waals surface area contributed by atoms with E-state index in [4.69, 9.17) is 23.7 Å². The van der Waals surface area contributed by atoms with E-state index in [1.807, 2.05) is 0 Å². The van der Waals surface area contributed by atoms with Gasteiger partial charge in [0.2, 0.25) is 17.7 Å². The molecule has 0 amide bonds. The molecule has 1 saturated heterocycles. The number of pyridine rings is 4. The van der Waals surface area contributed by atoms with Crippen molar-refractivity contribution in [3.05, 3.63) is 126 Å². The zero-order chi connectivity index (χ0) is 32.7. The summed E-state index contributed by atoms with van der Waals surface area (Å²) >= 11 is 0. The molecule has 236 valence electrons. The number of carbonyl (C=O) groups excluding carboxylic acids is 3. The van der Waals surface area contributed by atoms with E-state index in [1.165, 1.54) is 49.1 Å². The SMILES string of the molecule is C=C(OC[C@@]1(O)O[C@H](COC(=O)c2cccnc2F)[C@@H](OC(=O)c2cccnc2)[C@@H]1OC(=O)c1cccnc1F)c1cccnc1. The molecule has 1 N–H and O–H groups in total. The minimum absolute atomic E-state index is 0.0272. The van der Waals surface area contributed by atoms with Crippen LogP contribution in [0.4, 0.5) is 8.78 Å². The van der Waals surface area contributed by atoms with Gasteiger partial charge in [0.1, 0.15) is 36.2 Å². The summed E-state index contributed by atoms with van der Waals surface area (Å²) in [4.78, 5) is 53.6. The third kappa shape index (κ3) is 7.17. The summed E-state index contributed by atoms with van der Waals surface area (Å²) in [5, 5.41) is 11.8. The average molecular weight is 635 g/mol. The number of nitrogens with zero attached hydrogens (tertiary/aromatic N) is 4. The van der Waals surface area contributed by atoms with E-state index in [0.29, 0.717) is 5.56 Å². The number of carbonyl (C=O) groups is 3. The molecule has 46 heavy (non-hydrogen) atoms. The topological polar surface area (TPSA) is 169 Å². The van der Waals surface area contributed by atoms with Crippen LogP contribution in [-0.2, 0) is 23.7 Å². The fraction of sp³-hybridized carbons (Fsp3) is 0.194. The van der Waals surface area contributed by atoms with Gasteiger partial charge in [-0.15, -0.1) is 0 Å². The molecule has 0 radical (unpaired) electrons. The zero-order valence-corrected chi connectivity index (χ0v) is 23.7. The fourth-order valence-corrected chi connectivity index (χ4v) is 4.36. The molecule has 0 saturated carbocycles. The van der Waals surface area contributed by atoms with Crippen molar-refractivity contribution in [1.29, 1.82) is 0 Å². The van der Waals surface area contributed by atoms with Crippen molar-refractivity contribution < 1.29 is 52.0 Å². The van der Waals surface area contributed by atoms with Gasteiger partial charge >= 0.3 is 17.9 Å². The number of halogens is 2. The van der Waals surface area contributed by atoms with Gasteiger partial charge in [-0.05, 0) is 48.5 Å². The summed E-state index contributed by atoms with van der Waals surface area (Å²) in [6.45, 7) is 2.26. The van der Waals surface area contributed by atoms with Gasteiger partial charge in [-0.25, -0.2) is 24.4 Å². The maximum Gasteiger partial charge on any atom is 0.343 e. The van der Waals surface area contributed by atoms with Crippen LogP contribution < -0.4 is 0 Å². The lowest BCUT2D eigenvalue weighted by molar-refractivity contribution is -0.246. The molecule has 4 aromatic heterocycles. The molecule has 1 aliphatic heterocycles. The molecule has 0 aliphatic carbocycles. The van der Waals surface area contributed by atoms with Gasteiger partial charge in [0.25, 0.3) is 0 Å². The molecule has 0 unspecified atom stereocenters. The number of hydrogen-bond acceptors (Lipinski definition) is 13. The molecule has 4 aromatic rings. The highest BCUT2D eigenvalue weighted by molar-refractivity contribution is 5.90. The number of hydrogen-bond donors (Lipinski definition) is 1. The highest BCUT2D eigenvalue weighted by atomic mass is 19.1. The number of esters is 3. The Morgan fingerprint density at radius 2 is 1.39 bits per heavy atom. The molecule has 13 nitrogen and oxygen atoms in total. The lowest BCUT2D eigenvalue weighted by Crippen LogP contribution is -2.50. The van der Waals surface area contributed by atoms with E-state index in [2.05, 4.69) is 26.5 Å². The largest absolute Gasteiger partial charge is 0.488 e. The normalized spacial score (nSPS) is 20.4. The standard InChI is InChI=1S/C31H24F2N4O9/c1-18(19-6-2-10-34-14-19)43-17-31(41)25(45-30(40)22-9-5-13-37-27(22)33)24(44-28(38)20-7-3-11-35-15-20)23(46-31)16-42-29(39)21-8-4-12-36-26(21)32/h2-15,23-25,41H,1,16-17H2/t23-,24-,25+,31-/m1/s1. The number of aliphatic hydroxyl groups is 1. The van der Waals surface area contributed by atoms with Gasteiger partial charge in [0.15, 0.2) is 12.2 Å². The predicted octanol–water partition coefficient (Wildman–Crippen LogP) is 2.93. The number of rotatable bonds is 11. The van der Waals surface area contributed by atoms with Crippen molar-refractivity contribution in [2.75, 3.05) is 13.2 Å². The van der Waals surface area contributed by atoms with Crippen LogP contribution in [0.2, 0.25) is 0 Å². The second kappa shape index (κ2) is 14.0. The summed E-state index contributed by atoms with van der Waals surface area (Å²) < 4.78 is 56.3. The zero-order valence-electron chi connectivity index (χ0n) is 23.7. The van der Waals surface area contributed by atoms with Gasteiger partial charge in [-0.2, -0.15) is 8.78 Å². The molecule has 15 heteroatoms. The first-order valence-corrected chi connectivity index (χ1v) is 13.5. The molecular weight excluding hydrogens is 610 g/mol. The van der Waals surface area contributed by atoms with Crippen LogP contribution in [0.3, 0.4) is 0 Å². The maximum absolute atomic E-state index is 14.4. The number of aromatic nitrogens is 4. The van der Waals surface area contributed by atoms with Gasteiger partial charge < -0.3 is 28.8 Å². The highest BCUT2D eigenvalue weighted by Gasteiger charge is 2.60. The van der Waals surface area contributed by atoms with Crippen molar-refractivity contribution in [1.82, 2.24) is 19.9 Å². The van der Waals surface area contributed by atoms with Gasteiger partial charge in [0.05, 0.1) is 5.56 Å². The van der Waals surface area contributed by atoms with Crippen molar-refractivity contribution in [3.8, 4) is 0 Å². The van der Waals surface area contributed by atoms with Gasteiger partial charge in [-0.3, -0.25) is 9.97 Å². The Hall–Kier alpha value is -5.67. The Morgan fingerprint density at radius 3 is 1.98 bits per heavy atom. The summed E-state index contributed by atoms with van der Waals surface area (Å²) in [7, 11) is 0. The molecular formula is C31H24F2N4O9. The van der Waals surface area contributed by atoms with E-state index in [1.54, 1.807) is 12.1 Å². The van der Waals surface area contributed by atoms with Crippen LogP contribution in [0.5, 0.6) is 0 Å². The van der Waals surface area contributed by atoms with Gasteiger partial charge in [0, 0.05) is 42.7 Å². The quantitative estimate of drug-likeness (QED) is 0.111. The summed E-state index contributed by atoms with van der Waals surface area (Å²) in [5.74, 6) is -8.33. The third-order valence-electron chi connectivity index (χ3n) is 6.61. The fourth-order valence-electron chi connectivity index (χ4n) is 4.36. The minimum atomic E-state index is -2.62. The molecule has 4 atom stereocenters. The molecule has 0 bridgehead atoms. The molecule has 1 aliphatic rings. The Kier molecular flexibility index (Phi) is 9.64. The van der Waals surface area contributed by atoms with Crippen LogP contribution in [0.15, 0.2) is 92.3 Å². The third-order valence-corrected chi connectivity index (χ3v) is 6.61. The Morgan fingerprint density at radius 1 is 0.804 bits per heavy atom. The Labute approximate surface area is 259 Å². The summed E-state index contributed by atoms with van der Waals surface area (Å²) in [6.07, 6.45) is 2.62. The first kappa shape index (κ1) is 31.7. The smallest absolute Gasteiger partial charge is 0.343 e. The Bertz CT molecular complexity index is 1730. The lowest BCUT2D eigenvalue weighted by atomic mass is 10.0. The molecule has 5 heterocycles. The van der Waals surface area contributed by atoms with E-state index < -0.39 is 78.2 Å².